The predicted molar refractivity (Wildman–Crippen MR) is 88.6 cm³/mol. The first kappa shape index (κ1) is 14.5. The van der Waals surface area contributed by atoms with Gasteiger partial charge in [0.1, 0.15) is 0 Å². The molecule has 1 saturated heterocycles. The monoisotopic (exact) mass is 321 g/mol. The van der Waals surface area contributed by atoms with E-state index in [0.29, 0.717) is 16.5 Å². The normalized spacial score (nSPS) is 18.6. The van der Waals surface area contributed by atoms with E-state index in [0.717, 1.165) is 23.4 Å². The fourth-order valence-electron chi connectivity index (χ4n) is 2.25. The molecule has 3 rings (SSSR count). The van der Waals surface area contributed by atoms with Crippen molar-refractivity contribution >= 4 is 46.1 Å². The van der Waals surface area contributed by atoms with E-state index in [2.05, 4.69) is 15.5 Å². The minimum absolute atomic E-state index is 0.0119. The van der Waals surface area contributed by atoms with Gasteiger partial charge >= 0.3 is 5.97 Å². The molecule has 1 aromatic heterocycles. The van der Waals surface area contributed by atoms with Gasteiger partial charge in [-0.2, -0.15) is 23.5 Å². The molecule has 1 atom stereocenters. The summed E-state index contributed by atoms with van der Waals surface area (Å²) >= 11 is 3.88. The SMILES string of the molecule is O=C(O)c1nnc2ccccc2c1NCC1CSCCS1. The van der Waals surface area contributed by atoms with Gasteiger partial charge in [-0.05, 0) is 6.07 Å². The number of carboxylic acid groups (broad SMARTS) is 1. The van der Waals surface area contributed by atoms with Crippen molar-refractivity contribution in [3.63, 3.8) is 0 Å². The second-order valence-corrected chi connectivity index (χ2v) is 7.25. The van der Waals surface area contributed by atoms with Crippen LogP contribution in [0.3, 0.4) is 0 Å². The predicted octanol–water partition coefficient (Wildman–Crippen LogP) is 2.59. The fraction of sp³-hybridized carbons (Fsp3) is 0.357. The van der Waals surface area contributed by atoms with E-state index < -0.39 is 5.97 Å². The maximum Gasteiger partial charge on any atom is 0.358 e. The lowest BCUT2D eigenvalue weighted by Gasteiger charge is -2.22. The van der Waals surface area contributed by atoms with E-state index >= 15 is 0 Å². The topological polar surface area (TPSA) is 75.1 Å². The number of hydrogen-bond acceptors (Lipinski definition) is 6. The van der Waals surface area contributed by atoms with Crippen molar-refractivity contribution in [2.24, 2.45) is 0 Å². The molecule has 2 N–H and O–H groups in total. The first-order valence-corrected chi connectivity index (χ1v) is 8.88. The van der Waals surface area contributed by atoms with Gasteiger partial charge in [0.2, 0.25) is 0 Å². The highest BCUT2D eigenvalue weighted by molar-refractivity contribution is 8.06. The highest BCUT2D eigenvalue weighted by Crippen LogP contribution is 2.27. The van der Waals surface area contributed by atoms with Crippen LogP contribution >= 0.6 is 23.5 Å². The van der Waals surface area contributed by atoms with E-state index in [1.807, 2.05) is 47.8 Å². The first-order valence-electron chi connectivity index (χ1n) is 6.67. The lowest BCUT2D eigenvalue weighted by atomic mass is 10.1. The summed E-state index contributed by atoms with van der Waals surface area (Å²) in [5, 5.41) is 21.7. The van der Waals surface area contributed by atoms with Gasteiger partial charge in [0, 0.05) is 34.4 Å². The molecule has 0 amide bonds. The summed E-state index contributed by atoms with van der Waals surface area (Å²) in [4.78, 5) is 11.4. The Labute approximate surface area is 130 Å². The standard InChI is InChI=1S/C14H15N3O2S2/c18-14(19)13-12(15-7-9-8-20-5-6-21-9)10-3-1-2-4-11(10)16-17-13/h1-4,9H,5-8H2,(H,15,16)(H,18,19). The van der Waals surface area contributed by atoms with E-state index in [4.69, 9.17) is 0 Å². The number of carboxylic acids is 1. The van der Waals surface area contributed by atoms with Crippen LogP contribution < -0.4 is 5.32 Å². The van der Waals surface area contributed by atoms with E-state index in [-0.39, 0.29) is 5.69 Å². The Kier molecular flexibility index (Phi) is 4.50. The fourth-order valence-corrected chi connectivity index (χ4v) is 4.86. The summed E-state index contributed by atoms with van der Waals surface area (Å²) < 4.78 is 0. The number of fused-ring (bicyclic) bond motifs is 1. The van der Waals surface area contributed by atoms with Crippen LogP contribution in [0.4, 0.5) is 5.69 Å². The van der Waals surface area contributed by atoms with Crippen LogP contribution in [0.25, 0.3) is 10.9 Å². The van der Waals surface area contributed by atoms with Crippen LogP contribution in [0.5, 0.6) is 0 Å². The molecule has 2 heterocycles. The van der Waals surface area contributed by atoms with Gasteiger partial charge < -0.3 is 10.4 Å². The van der Waals surface area contributed by atoms with Crippen molar-refractivity contribution < 1.29 is 9.90 Å². The number of carbonyl (C=O) groups is 1. The molecule has 0 bridgehead atoms. The zero-order valence-corrected chi connectivity index (χ0v) is 12.9. The third kappa shape index (κ3) is 3.24. The number of anilines is 1. The largest absolute Gasteiger partial charge is 0.476 e. The summed E-state index contributed by atoms with van der Waals surface area (Å²) in [6.45, 7) is 0.744. The Morgan fingerprint density at radius 2 is 2.19 bits per heavy atom. The Morgan fingerprint density at radius 1 is 1.33 bits per heavy atom. The zero-order valence-electron chi connectivity index (χ0n) is 11.3. The number of benzene rings is 1. The van der Waals surface area contributed by atoms with Crippen LogP contribution in [-0.2, 0) is 0 Å². The minimum Gasteiger partial charge on any atom is -0.476 e. The van der Waals surface area contributed by atoms with Gasteiger partial charge in [-0.3, -0.25) is 0 Å². The molecule has 1 unspecified atom stereocenters. The summed E-state index contributed by atoms with van der Waals surface area (Å²) in [5.74, 6) is 2.39. The molecule has 1 fully saturated rings. The quantitative estimate of drug-likeness (QED) is 0.896. The Hall–Kier alpha value is -1.47. The molecule has 1 aliphatic heterocycles. The molecule has 1 aromatic carbocycles. The molecule has 0 radical (unpaired) electrons. The van der Waals surface area contributed by atoms with Crippen LogP contribution in [0.2, 0.25) is 0 Å². The van der Waals surface area contributed by atoms with Gasteiger partial charge in [-0.1, -0.05) is 18.2 Å². The van der Waals surface area contributed by atoms with E-state index in [1.54, 1.807) is 0 Å². The van der Waals surface area contributed by atoms with Crippen molar-refractivity contribution in [1.82, 2.24) is 10.2 Å². The summed E-state index contributed by atoms with van der Waals surface area (Å²) in [7, 11) is 0. The zero-order chi connectivity index (χ0) is 14.7. The molecular formula is C14H15N3O2S2. The van der Waals surface area contributed by atoms with Crippen LogP contribution in [0.1, 0.15) is 10.5 Å². The van der Waals surface area contributed by atoms with Gasteiger partial charge in [0.05, 0.1) is 11.2 Å². The average molecular weight is 321 g/mol. The second-order valence-electron chi connectivity index (χ2n) is 4.69. The van der Waals surface area contributed by atoms with Crippen molar-refractivity contribution in [3.8, 4) is 0 Å². The lowest BCUT2D eigenvalue weighted by Crippen LogP contribution is -2.24. The van der Waals surface area contributed by atoms with Crippen LogP contribution in [0, 0.1) is 0 Å². The molecule has 1 aliphatic rings. The number of nitrogens with zero attached hydrogens (tertiary/aromatic N) is 2. The van der Waals surface area contributed by atoms with Gasteiger partial charge in [-0.15, -0.1) is 10.2 Å². The summed E-state index contributed by atoms with van der Waals surface area (Å²) in [5.41, 5.74) is 1.27. The minimum atomic E-state index is -1.05. The number of nitrogens with one attached hydrogen (secondary N) is 1. The average Bonchev–Trinajstić information content (AvgIpc) is 2.53. The molecule has 7 heteroatoms. The highest BCUT2D eigenvalue weighted by Gasteiger charge is 2.19. The lowest BCUT2D eigenvalue weighted by molar-refractivity contribution is 0.0690. The van der Waals surface area contributed by atoms with E-state index in [9.17, 15) is 9.90 Å². The smallest absolute Gasteiger partial charge is 0.358 e. The number of aromatic carboxylic acids is 1. The third-order valence-corrected chi connectivity index (χ3v) is 6.11. The van der Waals surface area contributed by atoms with Crippen LogP contribution in [-0.4, -0.2) is 50.3 Å². The second kappa shape index (κ2) is 6.53. The van der Waals surface area contributed by atoms with Gasteiger partial charge in [0.15, 0.2) is 5.69 Å². The molecule has 0 saturated carbocycles. The Morgan fingerprint density at radius 3 is 2.95 bits per heavy atom. The Balaban J connectivity index is 1.90. The van der Waals surface area contributed by atoms with Crippen molar-refractivity contribution in [1.29, 1.82) is 0 Å². The summed E-state index contributed by atoms with van der Waals surface area (Å²) in [6.07, 6.45) is 0. The molecule has 0 aliphatic carbocycles. The highest BCUT2D eigenvalue weighted by atomic mass is 32.2. The number of rotatable bonds is 4. The molecule has 2 aromatic rings. The molecule has 0 spiro atoms. The molecular weight excluding hydrogens is 306 g/mol. The molecule has 5 nitrogen and oxygen atoms in total. The molecule has 21 heavy (non-hydrogen) atoms. The van der Waals surface area contributed by atoms with E-state index in [1.165, 1.54) is 5.75 Å². The van der Waals surface area contributed by atoms with Crippen molar-refractivity contribution in [2.45, 2.75) is 5.25 Å². The van der Waals surface area contributed by atoms with Gasteiger partial charge in [0.25, 0.3) is 0 Å². The van der Waals surface area contributed by atoms with Gasteiger partial charge in [-0.25, -0.2) is 4.79 Å². The Bertz CT molecular complexity index is 660. The molecule has 110 valence electrons. The first-order chi connectivity index (χ1) is 10.3. The third-order valence-electron chi connectivity index (χ3n) is 3.26. The maximum atomic E-state index is 11.4. The van der Waals surface area contributed by atoms with Crippen LogP contribution in [0.15, 0.2) is 24.3 Å². The number of aromatic nitrogens is 2. The summed E-state index contributed by atoms with van der Waals surface area (Å²) in [6, 6.07) is 7.47. The van der Waals surface area contributed by atoms with Crippen molar-refractivity contribution in [2.75, 3.05) is 29.1 Å². The number of hydrogen-bond donors (Lipinski definition) is 2. The number of thioether (sulfide) groups is 2. The van der Waals surface area contributed by atoms with Crippen molar-refractivity contribution in [3.05, 3.63) is 30.0 Å². The maximum absolute atomic E-state index is 11.4.